The molecule has 0 spiro atoms. The Bertz CT molecular complexity index is 1520. The van der Waals surface area contributed by atoms with Gasteiger partial charge < -0.3 is 19.0 Å². The van der Waals surface area contributed by atoms with Crippen molar-refractivity contribution >= 4 is 44.3 Å². The maximum Gasteiger partial charge on any atom is 0.294 e. The smallest absolute Gasteiger partial charge is 0.294 e. The van der Waals surface area contributed by atoms with Crippen molar-refractivity contribution in [3.05, 3.63) is 99.9 Å². The van der Waals surface area contributed by atoms with E-state index >= 15 is 0 Å². The van der Waals surface area contributed by atoms with Crippen LogP contribution in [-0.2, 0) is 4.79 Å². The van der Waals surface area contributed by atoms with Gasteiger partial charge in [0.1, 0.15) is 17.1 Å². The van der Waals surface area contributed by atoms with Crippen molar-refractivity contribution in [2.24, 2.45) is 0 Å². The highest BCUT2D eigenvalue weighted by atomic mass is 79.9. The molecule has 0 fully saturated rings. The molecule has 1 aromatic heterocycles. The molecular weight excluding hydrogens is 538 g/mol. The molecule has 0 saturated carbocycles. The van der Waals surface area contributed by atoms with Crippen LogP contribution in [0.2, 0.25) is 0 Å². The number of aliphatic hydroxyl groups excluding tert-OH is 1. The number of ketones is 1. The summed E-state index contributed by atoms with van der Waals surface area (Å²) in [4.78, 5) is 28.6. The summed E-state index contributed by atoms with van der Waals surface area (Å²) in [6.07, 6.45) is -0.00863. The van der Waals surface area contributed by atoms with E-state index in [0.29, 0.717) is 28.3 Å². The number of fused-ring (bicyclic) bond motifs is 1. The van der Waals surface area contributed by atoms with Crippen molar-refractivity contribution in [1.29, 1.82) is 0 Å². The molecule has 1 N–H and O–H groups in total. The Labute approximate surface area is 222 Å². The zero-order chi connectivity index (χ0) is 26.3. The van der Waals surface area contributed by atoms with E-state index < -0.39 is 23.5 Å². The van der Waals surface area contributed by atoms with Gasteiger partial charge in [-0.25, -0.2) is 0 Å². The largest absolute Gasteiger partial charge is 0.503 e. The maximum atomic E-state index is 13.8. The first-order valence-electron chi connectivity index (χ1n) is 11.7. The number of hydrogen-bond acceptors (Lipinski definition) is 6. The van der Waals surface area contributed by atoms with Crippen LogP contribution >= 0.6 is 15.9 Å². The molecule has 8 heteroatoms. The average molecular weight is 562 g/mol. The minimum absolute atomic E-state index is 0.00863. The van der Waals surface area contributed by atoms with Crippen LogP contribution in [0.1, 0.15) is 36.0 Å². The van der Waals surface area contributed by atoms with Crippen LogP contribution in [0.25, 0.3) is 11.0 Å². The molecule has 1 aliphatic heterocycles. The van der Waals surface area contributed by atoms with Crippen molar-refractivity contribution in [1.82, 2.24) is 0 Å². The molecule has 2 heterocycles. The van der Waals surface area contributed by atoms with Gasteiger partial charge in [0.25, 0.3) is 5.91 Å². The van der Waals surface area contributed by atoms with E-state index in [4.69, 9.17) is 13.9 Å². The van der Waals surface area contributed by atoms with E-state index in [-0.39, 0.29) is 17.4 Å². The molecular formula is C29H24BrNO6. The van der Waals surface area contributed by atoms with Crippen molar-refractivity contribution in [2.75, 3.05) is 12.0 Å². The van der Waals surface area contributed by atoms with Crippen molar-refractivity contribution in [3.8, 4) is 11.5 Å². The Morgan fingerprint density at radius 2 is 1.68 bits per heavy atom. The second-order valence-corrected chi connectivity index (χ2v) is 9.81. The lowest BCUT2D eigenvalue weighted by atomic mass is 9.94. The number of hydrogen-bond donors (Lipinski definition) is 1. The summed E-state index contributed by atoms with van der Waals surface area (Å²) >= 11 is 3.42. The lowest BCUT2D eigenvalue weighted by molar-refractivity contribution is -0.117. The molecule has 1 atom stereocenters. The predicted octanol–water partition coefficient (Wildman–Crippen LogP) is 6.77. The third-order valence-electron chi connectivity index (χ3n) is 6.07. The molecule has 7 nitrogen and oxygen atoms in total. The first-order chi connectivity index (χ1) is 17.8. The molecule has 0 radical (unpaired) electrons. The van der Waals surface area contributed by atoms with Gasteiger partial charge in [-0.3, -0.25) is 14.5 Å². The zero-order valence-electron chi connectivity index (χ0n) is 20.4. The lowest BCUT2D eigenvalue weighted by Crippen LogP contribution is -2.31. The highest BCUT2D eigenvalue weighted by Crippen LogP contribution is 2.43. The van der Waals surface area contributed by atoms with Gasteiger partial charge in [0, 0.05) is 15.5 Å². The predicted molar refractivity (Wildman–Crippen MR) is 143 cm³/mol. The summed E-state index contributed by atoms with van der Waals surface area (Å²) in [5.74, 6) is -0.563. The number of anilines is 1. The Kier molecular flexibility index (Phi) is 6.52. The molecule has 4 aromatic rings. The monoisotopic (exact) mass is 561 g/mol. The number of benzene rings is 3. The molecule has 5 rings (SSSR count). The molecule has 0 saturated heterocycles. The number of aliphatic hydroxyl groups is 1. The summed E-state index contributed by atoms with van der Waals surface area (Å²) in [7, 11) is 1.56. The van der Waals surface area contributed by atoms with Crippen LogP contribution in [0.3, 0.4) is 0 Å². The number of carbonyl (C=O) groups excluding carboxylic acids is 2. The summed E-state index contributed by atoms with van der Waals surface area (Å²) in [5.41, 5.74) is 1.60. The number of rotatable bonds is 7. The van der Waals surface area contributed by atoms with Crippen LogP contribution in [0.5, 0.6) is 11.5 Å². The molecule has 37 heavy (non-hydrogen) atoms. The summed E-state index contributed by atoms with van der Waals surface area (Å²) < 4.78 is 17.7. The third kappa shape index (κ3) is 4.60. The molecule has 1 unspecified atom stereocenters. The number of halogens is 1. The fourth-order valence-electron chi connectivity index (χ4n) is 4.42. The lowest BCUT2D eigenvalue weighted by Gasteiger charge is -2.27. The van der Waals surface area contributed by atoms with E-state index in [0.717, 1.165) is 9.86 Å². The number of carbonyl (C=O) groups is 2. The molecule has 1 aliphatic rings. The number of nitrogens with zero attached hydrogens (tertiary/aromatic N) is 1. The van der Waals surface area contributed by atoms with Crippen molar-refractivity contribution < 1.29 is 28.6 Å². The quantitative estimate of drug-likeness (QED) is 0.250. The van der Waals surface area contributed by atoms with Crippen LogP contribution in [0.4, 0.5) is 5.69 Å². The van der Waals surface area contributed by atoms with E-state index in [1.165, 1.54) is 4.90 Å². The van der Waals surface area contributed by atoms with Crippen LogP contribution < -0.4 is 14.4 Å². The van der Waals surface area contributed by atoms with Gasteiger partial charge in [-0.15, -0.1) is 0 Å². The molecule has 3 aromatic carbocycles. The molecule has 188 valence electrons. The van der Waals surface area contributed by atoms with E-state index in [2.05, 4.69) is 15.9 Å². The normalized spacial score (nSPS) is 15.6. The molecule has 0 aliphatic carbocycles. The van der Waals surface area contributed by atoms with Crippen molar-refractivity contribution in [3.63, 3.8) is 0 Å². The minimum atomic E-state index is -0.886. The van der Waals surface area contributed by atoms with Gasteiger partial charge in [-0.2, -0.15) is 0 Å². The second kappa shape index (κ2) is 9.78. The maximum absolute atomic E-state index is 13.8. The van der Waals surface area contributed by atoms with Crippen molar-refractivity contribution in [2.45, 2.75) is 26.0 Å². The van der Waals surface area contributed by atoms with Crippen LogP contribution in [-0.4, -0.2) is 30.0 Å². The van der Waals surface area contributed by atoms with Crippen LogP contribution in [0, 0.1) is 0 Å². The third-order valence-corrected chi connectivity index (χ3v) is 6.57. The Morgan fingerprint density at radius 1 is 1.00 bits per heavy atom. The number of methoxy groups -OCH3 is 1. The topological polar surface area (TPSA) is 89.2 Å². The number of Topliss-reactive ketones (excluding diaryl/α,β-unsaturated/α-hetero) is 1. The van der Waals surface area contributed by atoms with Crippen LogP contribution in [0.15, 0.2) is 93.0 Å². The summed E-state index contributed by atoms with van der Waals surface area (Å²) in [6, 6.07) is 20.1. The van der Waals surface area contributed by atoms with E-state index in [9.17, 15) is 14.7 Å². The summed E-state index contributed by atoms with van der Waals surface area (Å²) in [5, 5.41) is 11.7. The average Bonchev–Trinajstić information content (AvgIpc) is 3.42. The Balaban J connectivity index is 1.60. The second-order valence-electron chi connectivity index (χ2n) is 8.90. The molecule has 1 amide bonds. The van der Waals surface area contributed by atoms with Gasteiger partial charge in [-0.1, -0.05) is 28.1 Å². The molecule has 0 bridgehead atoms. The zero-order valence-corrected chi connectivity index (χ0v) is 22.0. The number of furan rings is 1. The van der Waals surface area contributed by atoms with Gasteiger partial charge in [0.05, 0.1) is 24.8 Å². The highest BCUT2D eigenvalue weighted by Gasteiger charge is 2.45. The summed E-state index contributed by atoms with van der Waals surface area (Å²) in [6.45, 7) is 3.85. The first-order valence-corrected chi connectivity index (χ1v) is 12.5. The Morgan fingerprint density at radius 3 is 2.32 bits per heavy atom. The van der Waals surface area contributed by atoms with Gasteiger partial charge in [-0.05, 0) is 80.1 Å². The van der Waals surface area contributed by atoms with E-state index in [1.54, 1.807) is 67.8 Å². The minimum Gasteiger partial charge on any atom is -0.503 e. The SMILES string of the molecule is COc1ccc(C2C(C(=O)c3cc4cc(Br)ccc4o3)=C(O)C(=O)N2c2ccc(OC(C)C)cc2)cc1. The first kappa shape index (κ1) is 24.6. The van der Waals surface area contributed by atoms with Gasteiger partial charge in [0.15, 0.2) is 11.5 Å². The van der Waals surface area contributed by atoms with Gasteiger partial charge >= 0.3 is 0 Å². The Hall–Kier alpha value is -4.04. The fraction of sp³-hybridized carbons (Fsp3) is 0.172. The number of ether oxygens (including phenoxy) is 2. The van der Waals surface area contributed by atoms with Gasteiger partial charge in [0.2, 0.25) is 5.78 Å². The highest BCUT2D eigenvalue weighted by molar-refractivity contribution is 9.10. The fourth-order valence-corrected chi connectivity index (χ4v) is 4.80. The standard InChI is InChI=1S/C29H24BrNO6/c1-16(2)36-22-11-7-20(8-12-22)31-26(17-4-9-21(35-3)10-5-17)25(28(33)29(31)34)27(32)24-15-18-14-19(30)6-13-23(18)37-24/h4-16,26,33H,1-3H3. The number of amides is 1. The van der Waals surface area contributed by atoms with E-state index in [1.807, 2.05) is 26.0 Å².